The molecule has 4 N–H and O–H groups in total. The fraction of sp³-hybridized carbons (Fsp3) is 0.0667. The fourth-order valence-electron chi connectivity index (χ4n) is 1.94. The third-order valence-corrected chi connectivity index (χ3v) is 4.45. The van der Waals surface area contributed by atoms with Crippen LogP contribution in [0.1, 0.15) is 22.0 Å². The summed E-state index contributed by atoms with van der Waals surface area (Å²) in [6, 6.07) is 11.6. The van der Waals surface area contributed by atoms with Crippen LogP contribution in [-0.4, -0.2) is 20.3 Å². The Morgan fingerprint density at radius 1 is 1.08 bits per heavy atom. The molecule has 0 aliphatic rings. The van der Waals surface area contributed by atoms with E-state index in [0.29, 0.717) is 5.56 Å². The highest BCUT2D eigenvalue weighted by Gasteiger charge is 2.24. The summed E-state index contributed by atoms with van der Waals surface area (Å²) < 4.78 is 28.0. The van der Waals surface area contributed by atoms with E-state index in [1.54, 1.807) is 30.3 Å². The van der Waals surface area contributed by atoms with Crippen molar-refractivity contribution in [3.8, 4) is 0 Å². The maximum Gasteiger partial charge on any atom is 0.339 e. The number of carbonyl (C=O) groups is 2. The van der Waals surface area contributed by atoms with E-state index in [9.17, 15) is 18.0 Å². The molecule has 2 aromatic carbocycles. The lowest BCUT2D eigenvalue weighted by atomic mass is 10.1. The molecule has 24 heavy (non-hydrogen) atoms. The predicted molar refractivity (Wildman–Crippen MR) is 86.6 cm³/mol. The Morgan fingerprint density at radius 2 is 1.71 bits per heavy atom. The Balaban J connectivity index is 2.33. The van der Waals surface area contributed by atoms with Gasteiger partial charge in [0.25, 0.3) is 5.91 Å². The number of ether oxygens (including phenoxy) is 1. The van der Waals surface area contributed by atoms with Gasteiger partial charge in [-0.25, -0.2) is 18.4 Å². The molecule has 126 valence electrons. The van der Waals surface area contributed by atoms with Gasteiger partial charge in [0.15, 0.2) is 0 Å². The first-order valence-electron chi connectivity index (χ1n) is 6.57. The molecular formula is C15H13ClN2O5S. The molecule has 0 saturated carbocycles. The van der Waals surface area contributed by atoms with E-state index in [1.165, 1.54) is 12.1 Å². The van der Waals surface area contributed by atoms with Crippen molar-refractivity contribution in [1.29, 1.82) is 0 Å². The number of nitrogens with two attached hydrogens (primary N) is 2. The van der Waals surface area contributed by atoms with E-state index in [0.717, 1.165) is 6.07 Å². The minimum Gasteiger partial charge on any atom is -0.444 e. The lowest BCUT2D eigenvalue weighted by molar-refractivity contribution is -0.127. The van der Waals surface area contributed by atoms with Gasteiger partial charge in [-0.15, -0.1) is 0 Å². The van der Waals surface area contributed by atoms with Gasteiger partial charge in [0.2, 0.25) is 16.1 Å². The number of rotatable bonds is 5. The van der Waals surface area contributed by atoms with Gasteiger partial charge in [-0.3, -0.25) is 4.79 Å². The van der Waals surface area contributed by atoms with Gasteiger partial charge in [0.05, 0.1) is 10.6 Å². The van der Waals surface area contributed by atoms with Gasteiger partial charge in [-0.1, -0.05) is 41.9 Å². The average Bonchev–Trinajstić information content (AvgIpc) is 2.52. The average molecular weight is 369 g/mol. The first-order valence-corrected chi connectivity index (χ1v) is 8.50. The molecule has 1 atom stereocenters. The topological polar surface area (TPSA) is 130 Å². The highest BCUT2D eigenvalue weighted by atomic mass is 35.5. The molecule has 0 unspecified atom stereocenters. The highest BCUT2D eigenvalue weighted by molar-refractivity contribution is 7.89. The molecule has 0 aliphatic carbocycles. The molecule has 2 rings (SSSR count). The van der Waals surface area contributed by atoms with Gasteiger partial charge >= 0.3 is 5.97 Å². The van der Waals surface area contributed by atoms with E-state index in [2.05, 4.69) is 0 Å². The third-order valence-electron chi connectivity index (χ3n) is 3.06. The zero-order chi connectivity index (χ0) is 17.9. The number of primary sulfonamides is 1. The maximum atomic E-state index is 12.2. The van der Waals surface area contributed by atoms with Gasteiger partial charge < -0.3 is 10.5 Å². The Hall–Kier alpha value is -2.42. The Kier molecular flexibility index (Phi) is 5.23. The zero-order valence-electron chi connectivity index (χ0n) is 12.2. The molecule has 0 saturated heterocycles. The van der Waals surface area contributed by atoms with Crippen LogP contribution in [0.3, 0.4) is 0 Å². The van der Waals surface area contributed by atoms with Gasteiger partial charge in [-0.05, 0) is 18.2 Å². The summed E-state index contributed by atoms with van der Waals surface area (Å²) in [6.45, 7) is 0. The number of hydrogen-bond acceptors (Lipinski definition) is 5. The summed E-state index contributed by atoms with van der Waals surface area (Å²) in [7, 11) is -4.12. The third kappa shape index (κ3) is 4.10. The van der Waals surface area contributed by atoms with Crippen molar-refractivity contribution in [2.75, 3.05) is 0 Å². The number of carbonyl (C=O) groups excluding carboxylic acids is 2. The minimum absolute atomic E-state index is 0.134. The quantitative estimate of drug-likeness (QED) is 0.770. The molecule has 0 bridgehead atoms. The smallest absolute Gasteiger partial charge is 0.339 e. The number of esters is 1. The van der Waals surface area contributed by atoms with Crippen molar-refractivity contribution < 1.29 is 22.7 Å². The number of amides is 1. The minimum atomic E-state index is -4.12. The second-order valence-electron chi connectivity index (χ2n) is 4.79. The number of hydrogen-bond donors (Lipinski definition) is 2. The van der Waals surface area contributed by atoms with Crippen molar-refractivity contribution in [3.63, 3.8) is 0 Å². The Bertz CT molecular complexity index is 884. The molecule has 0 fully saturated rings. The number of primary amides is 1. The molecule has 0 spiro atoms. The largest absolute Gasteiger partial charge is 0.444 e. The van der Waals surface area contributed by atoms with Crippen molar-refractivity contribution in [2.24, 2.45) is 10.9 Å². The summed E-state index contributed by atoms with van der Waals surface area (Å²) in [5.74, 6) is -1.81. The summed E-state index contributed by atoms with van der Waals surface area (Å²) in [5.41, 5.74) is 5.52. The van der Waals surface area contributed by atoms with Crippen LogP contribution in [0, 0.1) is 0 Å². The van der Waals surface area contributed by atoms with Crippen LogP contribution in [0.4, 0.5) is 0 Å². The van der Waals surface area contributed by atoms with Crippen molar-refractivity contribution in [1.82, 2.24) is 0 Å². The summed E-state index contributed by atoms with van der Waals surface area (Å²) >= 11 is 5.75. The van der Waals surface area contributed by atoms with Crippen LogP contribution in [0.2, 0.25) is 5.02 Å². The van der Waals surface area contributed by atoms with Crippen LogP contribution < -0.4 is 10.9 Å². The first kappa shape index (κ1) is 17.9. The zero-order valence-corrected chi connectivity index (χ0v) is 13.8. The van der Waals surface area contributed by atoms with Gasteiger partial charge in [0, 0.05) is 5.56 Å². The van der Waals surface area contributed by atoms with Gasteiger partial charge in [-0.2, -0.15) is 0 Å². The number of benzene rings is 2. The number of halogens is 1. The Morgan fingerprint density at radius 3 is 2.25 bits per heavy atom. The molecule has 7 nitrogen and oxygen atoms in total. The molecule has 2 aromatic rings. The van der Waals surface area contributed by atoms with E-state index in [-0.39, 0.29) is 10.6 Å². The summed E-state index contributed by atoms with van der Waals surface area (Å²) in [5, 5.41) is 4.89. The molecule has 0 aromatic heterocycles. The van der Waals surface area contributed by atoms with Crippen LogP contribution in [0.5, 0.6) is 0 Å². The van der Waals surface area contributed by atoms with Gasteiger partial charge in [0.1, 0.15) is 4.90 Å². The standard InChI is InChI=1S/C15H13ClN2O5S/c16-11-7-6-10(8-12(11)24(18,21)22)15(20)23-13(14(17)19)9-4-2-1-3-5-9/h1-8,13H,(H2,17,19)(H2,18,21,22)/t13-/m1/s1. The molecule has 0 aliphatic heterocycles. The van der Waals surface area contributed by atoms with Crippen LogP contribution >= 0.6 is 11.6 Å². The number of sulfonamides is 1. The van der Waals surface area contributed by atoms with E-state index in [1.807, 2.05) is 0 Å². The van der Waals surface area contributed by atoms with E-state index < -0.39 is 32.9 Å². The van der Waals surface area contributed by atoms with E-state index >= 15 is 0 Å². The van der Waals surface area contributed by atoms with Crippen LogP contribution in [-0.2, 0) is 19.6 Å². The molecule has 1 amide bonds. The summed E-state index contributed by atoms with van der Waals surface area (Å²) in [4.78, 5) is 23.3. The highest BCUT2D eigenvalue weighted by Crippen LogP contribution is 2.24. The maximum absolute atomic E-state index is 12.2. The summed E-state index contributed by atoms with van der Waals surface area (Å²) in [6.07, 6.45) is -1.31. The monoisotopic (exact) mass is 368 g/mol. The molecule has 0 heterocycles. The van der Waals surface area contributed by atoms with Crippen molar-refractivity contribution >= 4 is 33.5 Å². The Labute approximate surface area is 143 Å². The molecular weight excluding hydrogens is 356 g/mol. The lowest BCUT2D eigenvalue weighted by Crippen LogP contribution is -2.26. The molecule has 0 radical (unpaired) electrons. The fourth-order valence-corrected chi connectivity index (χ4v) is 3.01. The van der Waals surface area contributed by atoms with E-state index in [4.69, 9.17) is 27.2 Å². The lowest BCUT2D eigenvalue weighted by Gasteiger charge is -2.15. The van der Waals surface area contributed by atoms with Crippen LogP contribution in [0.15, 0.2) is 53.4 Å². The second kappa shape index (κ2) is 7.00. The SMILES string of the molecule is NC(=O)[C@H](OC(=O)c1ccc(Cl)c(S(N)(=O)=O)c1)c1ccccc1. The van der Waals surface area contributed by atoms with Crippen LogP contribution in [0.25, 0.3) is 0 Å². The molecule has 9 heteroatoms. The van der Waals surface area contributed by atoms with Crippen molar-refractivity contribution in [3.05, 3.63) is 64.7 Å². The first-order chi connectivity index (χ1) is 11.2. The normalized spacial score (nSPS) is 12.4. The second-order valence-corrected chi connectivity index (χ2v) is 6.73. The predicted octanol–water partition coefficient (Wildman–Crippen LogP) is 1.37. The van der Waals surface area contributed by atoms with Crippen molar-refractivity contribution in [2.45, 2.75) is 11.0 Å².